The Balaban J connectivity index is 1.82. The third kappa shape index (κ3) is 5.79. The van der Waals surface area contributed by atoms with E-state index < -0.39 is 17.8 Å². The Hall–Kier alpha value is -3.43. The molecule has 6 heteroatoms. The van der Waals surface area contributed by atoms with Crippen molar-refractivity contribution in [3.05, 3.63) is 107 Å². The van der Waals surface area contributed by atoms with Crippen molar-refractivity contribution in [1.82, 2.24) is 0 Å². The first-order valence-corrected chi connectivity index (χ1v) is 9.29. The third-order valence-corrected chi connectivity index (χ3v) is 4.45. The maximum absolute atomic E-state index is 12.8. The zero-order valence-electron chi connectivity index (χ0n) is 16.0. The van der Waals surface area contributed by atoms with Crippen molar-refractivity contribution in [3.63, 3.8) is 0 Å². The van der Waals surface area contributed by atoms with E-state index in [1.54, 1.807) is 0 Å². The highest BCUT2D eigenvalue weighted by Crippen LogP contribution is 2.29. The van der Waals surface area contributed by atoms with Crippen LogP contribution in [0.5, 0.6) is 0 Å². The van der Waals surface area contributed by atoms with Crippen LogP contribution in [0.15, 0.2) is 89.9 Å². The van der Waals surface area contributed by atoms with Crippen molar-refractivity contribution in [2.24, 2.45) is 4.99 Å². The SMILES string of the molecule is N#C/C(=N\[C@H](COCc1ccccc1)c1ccccc1)c1ccc(C(F)(F)F)cc1. The minimum absolute atomic E-state index is 0.0564. The number of ether oxygens (including phenoxy) is 1. The summed E-state index contributed by atoms with van der Waals surface area (Å²) in [5.41, 5.74) is 1.48. The number of nitriles is 1. The summed E-state index contributed by atoms with van der Waals surface area (Å²) in [6.07, 6.45) is -4.43. The smallest absolute Gasteiger partial charge is 0.374 e. The second kappa shape index (κ2) is 9.86. The van der Waals surface area contributed by atoms with Crippen molar-refractivity contribution in [1.29, 1.82) is 5.26 Å². The van der Waals surface area contributed by atoms with Gasteiger partial charge in [0, 0.05) is 5.56 Å². The molecule has 0 aliphatic rings. The van der Waals surface area contributed by atoms with E-state index in [0.29, 0.717) is 12.2 Å². The average molecular weight is 408 g/mol. The minimum Gasteiger partial charge on any atom is -0.374 e. The van der Waals surface area contributed by atoms with Gasteiger partial charge in [0.2, 0.25) is 0 Å². The van der Waals surface area contributed by atoms with Crippen LogP contribution in [-0.4, -0.2) is 12.3 Å². The number of nitrogens with zero attached hydrogens (tertiary/aromatic N) is 2. The largest absolute Gasteiger partial charge is 0.416 e. The Labute approximate surface area is 173 Å². The van der Waals surface area contributed by atoms with Crippen molar-refractivity contribution in [2.45, 2.75) is 18.8 Å². The summed E-state index contributed by atoms with van der Waals surface area (Å²) in [6, 6.07) is 25.0. The summed E-state index contributed by atoms with van der Waals surface area (Å²) in [5.74, 6) is 0. The summed E-state index contributed by atoms with van der Waals surface area (Å²) >= 11 is 0. The molecule has 3 aromatic rings. The first-order valence-electron chi connectivity index (χ1n) is 9.29. The molecule has 3 nitrogen and oxygen atoms in total. The van der Waals surface area contributed by atoms with Crippen LogP contribution in [0.4, 0.5) is 13.2 Å². The molecule has 0 aliphatic heterocycles. The molecule has 0 N–H and O–H groups in total. The van der Waals surface area contributed by atoms with Crippen molar-refractivity contribution in [2.75, 3.05) is 6.61 Å². The Morgan fingerprint density at radius 2 is 1.50 bits per heavy atom. The van der Waals surface area contributed by atoms with Gasteiger partial charge in [-0.3, -0.25) is 4.99 Å². The van der Waals surface area contributed by atoms with Gasteiger partial charge in [-0.15, -0.1) is 0 Å². The van der Waals surface area contributed by atoms with E-state index in [2.05, 4.69) is 4.99 Å². The van der Waals surface area contributed by atoms with Gasteiger partial charge in [0.1, 0.15) is 11.8 Å². The van der Waals surface area contributed by atoms with Gasteiger partial charge in [0.25, 0.3) is 0 Å². The number of rotatable bonds is 7. The third-order valence-electron chi connectivity index (χ3n) is 4.45. The quantitative estimate of drug-likeness (QED) is 0.452. The van der Waals surface area contributed by atoms with Crippen LogP contribution in [0.25, 0.3) is 0 Å². The predicted octanol–water partition coefficient (Wildman–Crippen LogP) is 5.98. The highest BCUT2D eigenvalue weighted by atomic mass is 19.4. The van der Waals surface area contributed by atoms with Crippen LogP contribution in [0, 0.1) is 11.3 Å². The Kier molecular flexibility index (Phi) is 6.99. The van der Waals surface area contributed by atoms with Gasteiger partial charge in [-0.1, -0.05) is 72.8 Å². The van der Waals surface area contributed by atoms with Gasteiger partial charge in [-0.05, 0) is 23.3 Å². The monoisotopic (exact) mass is 408 g/mol. The van der Waals surface area contributed by atoms with Crippen LogP contribution in [0.1, 0.15) is 28.3 Å². The molecule has 1 atom stereocenters. The molecule has 0 spiro atoms. The molecule has 0 unspecified atom stereocenters. The second-order valence-corrected chi connectivity index (χ2v) is 6.59. The molecule has 0 heterocycles. The molecule has 0 saturated heterocycles. The normalized spacial score (nSPS) is 12.9. The highest BCUT2D eigenvalue weighted by molar-refractivity contribution is 6.11. The van der Waals surface area contributed by atoms with E-state index in [1.165, 1.54) is 12.1 Å². The van der Waals surface area contributed by atoms with E-state index in [9.17, 15) is 18.4 Å². The van der Waals surface area contributed by atoms with Gasteiger partial charge < -0.3 is 4.74 Å². The van der Waals surface area contributed by atoms with Gasteiger partial charge in [0.05, 0.1) is 24.8 Å². The van der Waals surface area contributed by atoms with Crippen molar-refractivity contribution >= 4 is 5.71 Å². The summed E-state index contributed by atoms with van der Waals surface area (Å²) in [5, 5.41) is 9.56. The Morgan fingerprint density at radius 1 is 0.900 bits per heavy atom. The fourth-order valence-electron chi connectivity index (χ4n) is 2.89. The standard InChI is InChI=1S/C24H19F3N2O/c25-24(26,27)21-13-11-20(12-14-21)22(15-28)29-23(19-9-5-2-6-10-19)17-30-16-18-7-3-1-4-8-18/h1-14,23H,16-17H2/b29-22+/t23-/m1/s1. The van der Waals surface area contributed by atoms with Crippen LogP contribution < -0.4 is 0 Å². The number of halogens is 3. The lowest BCUT2D eigenvalue weighted by Crippen LogP contribution is -2.10. The maximum Gasteiger partial charge on any atom is 0.416 e. The molecule has 30 heavy (non-hydrogen) atoms. The molecule has 0 fully saturated rings. The summed E-state index contributed by atoms with van der Waals surface area (Å²) in [4.78, 5) is 4.51. The zero-order valence-corrected chi connectivity index (χ0v) is 16.0. The summed E-state index contributed by atoms with van der Waals surface area (Å²) in [7, 11) is 0. The van der Waals surface area contributed by atoms with E-state index >= 15 is 0 Å². The number of hydrogen-bond donors (Lipinski definition) is 0. The van der Waals surface area contributed by atoms with Crippen LogP contribution >= 0.6 is 0 Å². The molecule has 0 aromatic heterocycles. The molecule has 0 amide bonds. The lowest BCUT2D eigenvalue weighted by Gasteiger charge is -2.15. The average Bonchev–Trinajstić information content (AvgIpc) is 2.77. The molecular formula is C24H19F3N2O. The molecule has 3 rings (SSSR count). The molecular weight excluding hydrogens is 389 g/mol. The second-order valence-electron chi connectivity index (χ2n) is 6.59. The van der Waals surface area contributed by atoms with E-state index in [1.807, 2.05) is 66.7 Å². The zero-order chi connectivity index (χ0) is 21.4. The summed E-state index contributed by atoms with van der Waals surface area (Å²) in [6.45, 7) is 0.618. The lowest BCUT2D eigenvalue weighted by molar-refractivity contribution is -0.137. The number of hydrogen-bond acceptors (Lipinski definition) is 3. The minimum atomic E-state index is -4.43. The maximum atomic E-state index is 12.8. The first kappa shape index (κ1) is 21.3. The number of benzene rings is 3. The molecule has 3 aromatic carbocycles. The number of aliphatic imine (C=N–C) groups is 1. The Morgan fingerprint density at radius 3 is 2.07 bits per heavy atom. The van der Waals surface area contributed by atoms with E-state index in [4.69, 9.17) is 4.74 Å². The molecule has 0 aliphatic carbocycles. The molecule has 0 saturated carbocycles. The van der Waals surface area contributed by atoms with Gasteiger partial charge in [-0.25, -0.2) is 0 Å². The molecule has 152 valence electrons. The van der Waals surface area contributed by atoms with Crippen LogP contribution in [0.2, 0.25) is 0 Å². The van der Waals surface area contributed by atoms with Gasteiger partial charge in [0.15, 0.2) is 0 Å². The van der Waals surface area contributed by atoms with E-state index in [-0.39, 0.29) is 12.3 Å². The highest BCUT2D eigenvalue weighted by Gasteiger charge is 2.30. The first-order chi connectivity index (χ1) is 14.5. The van der Waals surface area contributed by atoms with Gasteiger partial charge >= 0.3 is 6.18 Å². The number of alkyl halides is 3. The van der Waals surface area contributed by atoms with Crippen molar-refractivity contribution < 1.29 is 17.9 Å². The fraction of sp³-hybridized carbons (Fsp3) is 0.167. The molecule has 0 bridgehead atoms. The van der Waals surface area contributed by atoms with Crippen LogP contribution in [0.3, 0.4) is 0 Å². The lowest BCUT2D eigenvalue weighted by atomic mass is 10.1. The topological polar surface area (TPSA) is 45.4 Å². The summed E-state index contributed by atoms with van der Waals surface area (Å²) < 4.78 is 44.2. The van der Waals surface area contributed by atoms with Crippen molar-refractivity contribution in [3.8, 4) is 6.07 Å². The predicted molar refractivity (Wildman–Crippen MR) is 109 cm³/mol. The molecule has 0 radical (unpaired) electrons. The Bertz CT molecular complexity index is 1010. The van der Waals surface area contributed by atoms with Gasteiger partial charge in [-0.2, -0.15) is 18.4 Å². The van der Waals surface area contributed by atoms with E-state index in [0.717, 1.165) is 23.3 Å². The van der Waals surface area contributed by atoms with Crippen LogP contribution in [-0.2, 0) is 17.5 Å². The fourth-order valence-corrected chi connectivity index (χ4v) is 2.89.